The van der Waals surface area contributed by atoms with E-state index in [-0.39, 0.29) is 17.7 Å². The van der Waals surface area contributed by atoms with Crippen LogP contribution in [0.2, 0.25) is 0 Å². The summed E-state index contributed by atoms with van der Waals surface area (Å²) in [6.07, 6.45) is 1.45. The van der Waals surface area contributed by atoms with Crippen molar-refractivity contribution in [3.8, 4) is 0 Å². The van der Waals surface area contributed by atoms with E-state index < -0.39 is 12.1 Å². The molecular formula is C27H29N3O2. The van der Waals surface area contributed by atoms with Crippen LogP contribution in [0.15, 0.2) is 91.0 Å². The van der Waals surface area contributed by atoms with Gasteiger partial charge in [-0.3, -0.25) is 9.59 Å². The summed E-state index contributed by atoms with van der Waals surface area (Å²) in [6.45, 7) is 0.993. The van der Waals surface area contributed by atoms with Crippen molar-refractivity contribution in [3.05, 3.63) is 108 Å². The lowest BCUT2D eigenvalue weighted by atomic mass is 9.84. The lowest BCUT2D eigenvalue weighted by Crippen LogP contribution is -2.52. The van der Waals surface area contributed by atoms with Crippen molar-refractivity contribution < 1.29 is 9.59 Å². The summed E-state index contributed by atoms with van der Waals surface area (Å²) in [4.78, 5) is 28.1. The van der Waals surface area contributed by atoms with E-state index in [1.54, 1.807) is 4.90 Å². The van der Waals surface area contributed by atoms with E-state index in [9.17, 15) is 9.59 Å². The lowest BCUT2D eigenvalue weighted by molar-refractivity contribution is -0.139. The fraction of sp³-hybridized carbons (Fsp3) is 0.259. The zero-order valence-electron chi connectivity index (χ0n) is 18.1. The Kier molecular flexibility index (Phi) is 6.97. The van der Waals surface area contributed by atoms with Crippen LogP contribution in [-0.4, -0.2) is 35.3 Å². The molecule has 164 valence electrons. The molecule has 0 spiro atoms. The van der Waals surface area contributed by atoms with E-state index >= 15 is 0 Å². The summed E-state index contributed by atoms with van der Waals surface area (Å²) in [7, 11) is 0. The summed E-state index contributed by atoms with van der Waals surface area (Å²) in [5.74, 6) is -0.582. The number of nitrogens with one attached hydrogen (secondary N) is 1. The van der Waals surface area contributed by atoms with Gasteiger partial charge in [0, 0.05) is 19.0 Å². The Labute approximate surface area is 189 Å². The molecule has 2 amide bonds. The van der Waals surface area contributed by atoms with Gasteiger partial charge in [0.1, 0.15) is 6.04 Å². The smallest absolute Gasteiger partial charge is 0.243 e. The average molecular weight is 428 g/mol. The van der Waals surface area contributed by atoms with Crippen molar-refractivity contribution in [1.29, 1.82) is 0 Å². The average Bonchev–Trinajstić information content (AvgIpc) is 3.34. The van der Waals surface area contributed by atoms with Gasteiger partial charge in [-0.1, -0.05) is 91.0 Å². The highest BCUT2D eigenvalue weighted by molar-refractivity contribution is 5.91. The molecular weight excluding hydrogens is 398 g/mol. The lowest BCUT2D eigenvalue weighted by Gasteiger charge is -2.31. The van der Waals surface area contributed by atoms with Crippen molar-refractivity contribution in [2.24, 2.45) is 5.73 Å². The van der Waals surface area contributed by atoms with Crippen molar-refractivity contribution in [2.45, 2.75) is 37.4 Å². The van der Waals surface area contributed by atoms with Crippen molar-refractivity contribution >= 4 is 11.8 Å². The maximum atomic E-state index is 13.5. The number of nitrogens with two attached hydrogens (primary N) is 1. The van der Waals surface area contributed by atoms with E-state index in [0.717, 1.165) is 23.1 Å². The van der Waals surface area contributed by atoms with Gasteiger partial charge in [0.05, 0.1) is 6.04 Å². The number of hydrogen-bond donors (Lipinski definition) is 2. The molecule has 1 unspecified atom stereocenters. The summed E-state index contributed by atoms with van der Waals surface area (Å²) >= 11 is 0. The molecule has 3 N–H and O–H groups in total. The monoisotopic (exact) mass is 427 g/mol. The van der Waals surface area contributed by atoms with Gasteiger partial charge in [-0.2, -0.15) is 0 Å². The Bertz CT molecular complexity index is 985. The third-order valence-corrected chi connectivity index (χ3v) is 6.11. The molecule has 0 radical (unpaired) electrons. The maximum absolute atomic E-state index is 13.5. The van der Waals surface area contributed by atoms with Gasteiger partial charge in [-0.15, -0.1) is 0 Å². The van der Waals surface area contributed by atoms with Crippen molar-refractivity contribution in [1.82, 2.24) is 10.2 Å². The highest BCUT2D eigenvalue weighted by Crippen LogP contribution is 2.30. The molecule has 3 aromatic rings. The van der Waals surface area contributed by atoms with Crippen LogP contribution in [0.25, 0.3) is 0 Å². The molecule has 2 atom stereocenters. The van der Waals surface area contributed by atoms with Crippen molar-refractivity contribution in [2.75, 3.05) is 6.54 Å². The van der Waals surface area contributed by atoms with Gasteiger partial charge in [-0.25, -0.2) is 0 Å². The molecule has 0 aliphatic carbocycles. The number of nitrogens with zero attached hydrogens (tertiary/aromatic N) is 1. The second kappa shape index (κ2) is 10.2. The predicted molar refractivity (Wildman–Crippen MR) is 126 cm³/mol. The first-order chi connectivity index (χ1) is 15.6. The molecule has 1 fully saturated rings. The first kappa shape index (κ1) is 21.8. The molecule has 1 aliphatic rings. The molecule has 5 heteroatoms. The van der Waals surface area contributed by atoms with Crippen LogP contribution in [-0.2, 0) is 16.1 Å². The van der Waals surface area contributed by atoms with Gasteiger partial charge in [-0.05, 0) is 29.5 Å². The first-order valence-corrected chi connectivity index (χ1v) is 11.1. The van der Waals surface area contributed by atoms with Crippen LogP contribution < -0.4 is 11.1 Å². The van der Waals surface area contributed by atoms with E-state index in [1.165, 1.54) is 0 Å². The zero-order chi connectivity index (χ0) is 22.3. The van der Waals surface area contributed by atoms with E-state index in [0.29, 0.717) is 19.5 Å². The number of amides is 2. The van der Waals surface area contributed by atoms with E-state index in [4.69, 9.17) is 5.73 Å². The largest absolute Gasteiger partial charge is 0.350 e. The quantitative estimate of drug-likeness (QED) is 0.606. The Morgan fingerprint density at radius 3 is 1.97 bits per heavy atom. The number of likely N-dealkylation sites (tertiary alicyclic amines) is 1. The Morgan fingerprint density at radius 2 is 1.41 bits per heavy atom. The number of benzene rings is 3. The number of hydrogen-bond acceptors (Lipinski definition) is 3. The summed E-state index contributed by atoms with van der Waals surface area (Å²) in [6, 6.07) is 28.2. The predicted octanol–water partition coefficient (Wildman–Crippen LogP) is 3.45. The van der Waals surface area contributed by atoms with Gasteiger partial charge in [0.25, 0.3) is 0 Å². The van der Waals surface area contributed by atoms with Crippen LogP contribution in [0.1, 0.15) is 35.4 Å². The minimum atomic E-state index is -0.776. The summed E-state index contributed by atoms with van der Waals surface area (Å²) < 4.78 is 0. The highest BCUT2D eigenvalue weighted by Gasteiger charge is 2.39. The topological polar surface area (TPSA) is 75.4 Å². The normalized spacial score (nSPS) is 16.7. The van der Waals surface area contributed by atoms with Crippen LogP contribution in [0.3, 0.4) is 0 Å². The Hall–Kier alpha value is -3.44. The second-order valence-electron chi connectivity index (χ2n) is 8.22. The fourth-order valence-electron chi connectivity index (χ4n) is 4.47. The number of carbonyl (C=O) groups is 2. The third-order valence-electron chi connectivity index (χ3n) is 6.11. The van der Waals surface area contributed by atoms with Crippen LogP contribution in [0.4, 0.5) is 0 Å². The summed E-state index contributed by atoms with van der Waals surface area (Å²) in [5, 5.41) is 2.98. The third kappa shape index (κ3) is 4.89. The van der Waals surface area contributed by atoms with Gasteiger partial charge < -0.3 is 16.0 Å². The fourth-order valence-corrected chi connectivity index (χ4v) is 4.47. The molecule has 3 aromatic carbocycles. The molecule has 0 bridgehead atoms. The SMILES string of the molecule is N[C@@H](C(=O)N1CCCC1C(=O)NCc1ccccc1)C(c1ccccc1)c1ccccc1. The van der Waals surface area contributed by atoms with Gasteiger partial charge >= 0.3 is 0 Å². The van der Waals surface area contributed by atoms with Crippen LogP contribution >= 0.6 is 0 Å². The first-order valence-electron chi connectivity index (χ1n) is 11.1. The highest BCUT2D eigenvalue weighted by atomic mass is 16.2. The van der Waals surface area contributed by atoms with Crippen LogP contribution in [0.5, 0.6) is 0 Å². The van der Waals surface area contributed by atoms with Gasteiger partial charge in [0.15, 0.2) is 0 Å². The molecule has 1 aliphatic heterocycles. The number of rotatable bonds is 7. The number of carbonyl (C=O) groups excluding carboxylic acids is 2. The molecule has 0 aromatic heterocycles. The minimum Gasteiger partial charge on any atom is -0.350 e. The minimum absolute atomic E-state index is 0.122. The van der Waals surface area contributed by atoms with Crippen molar-refractivity contribution in [3.63, 3.8) is 0 Å². The Balaban J connectivity index is 1.51. The molecule has 0 saturated carbocycles. The second-order valence-corrected chi connectivity index (χ2v) is 8.22. The molecule has 4 rings (SSSR count). The zero-order valence-corrected chi connectivity index (χ0v) is 18.1. The van der Waals surface area contributed by atoms with E-state index in [2.05, 4.69) is 5.32 Å². The Morgan fingerprint density at radius 1 is 0.875 bits per heavy atom. The molecule has 1 heterocycles. The van der Waals surface area contributed by atoms with Gasteiger partial charge in [0.2, 0.25) is 11.8 Å². The summed E-state index contributed by atoms with van der Waals surface area (Å²) in [5.41, 5.74) is 9.62. The standard InChI is InChI=1S/C27H29N3O2/c28-25(24(21-13-6-2-7-14-21)22-15-8-3-9-16-22)27(32)30-18-10-17-23(30)26(31)29-19-20-11-4-1-5-12-20/h1-9,11-16,23-25H,10,17-19,28H2,(H,29,31)/t23?,25-/m1/s1. The molecule has 1 saturated heterocycles. The maximum Gasteiger partial charge on any atom is 0.243 e. The van der Waals surface area contributed by atoms with E-state index in [1.807, 2.05) is 91.0 Å². The molecule has 32 heavy (non-hydrogen) atoms. The molecule has 5 nitrogen and oxygen atoms in total. The van der Waals surface area contributed by atoms with Crippen LogP contribution in [0, 0.1) is 0 Å².